The fourth-order valence-electron chi connectivity index (χ4n) is 7.53. The highest BCUT2D eigenvalue weighted by atomic mass is 16.3. The molecule has 2 nitrogen and oxygen atoms in total. The quantitative estimate of drug-likeness (QED) is 0.184. The van der Waals surface area contributed by atoms with E-state index in [1.165, 1.54) is 66.3 Å². The van der Waals surface area contributed by atoms with Crippen molar-refractivity contribution in [2.45, 2.75) is 0 Å². The Bertz CT molecular complexity index is 2850. The van der Waals surface area contributed by atoms with Gasteiger partial charge < -0.3 is 8.98 Å². The van der Waals surface area contributed by atoms with Crippen LogP contribution in [0, 0.1) is 0 Å². The highest BCUT2D eigenvalue weighted by Gasteiger charge is 2.15. The summed E-state index contributed by atoms with van der Waals surface area (Å²) in [7, 11) is 0. The number of para-hydroxylation sites is 2. The summed E-state index contributed by atoms with van der Waals surface area (Å²) in [5.41, 5.74) is 15.0. The molecule has 2 heterocycles. The number of nitrogens with zero attached hydrogens (tertiary/aromatic N) is 1. The van der Waals surface area contributed by atoms with E-state index in [2.05, 4.69) is 180 Å². The predicted molar refractivity (Wildman–Crippen MR) is 210 cm³/mol. The summed E-state index contributed by atoms with van der Waals surface area (Å²) in [5.74, 6) is 0. The molecule has 2 aromatic heterocycles. The number of benzene rings is 8. The van der Waals surface area contributed by atoms with Gasteiger partial charge in [-0.1, -0.05) is 127 Å². The molecule has 0 amide bonds. The molecule has 0 aliphatic rings. The minimum atomic E-state index is 0.917. The van der Waals surface area contributed by atoms with Gasteiger partial charge in [-0.25, -0.2) is 0 Å². The van der Waals surface area contributed by atoms with Crippen molar-refractivity contribution in [1.82, 2.24) is 4.57 Å². The third kappa shape index (κ3) is 4.73. The van der Waals surface area contributed by atoms with Crippen molar-refractivity contribution in [2.24, 2.45) is 0 Å². The van der Waals surface area contributed by atoms with Crippen LogP contribution in [0.4, 0.5) is 0 Å². The van der Waals surface area contributed by atoms with Crippen LogP contribution < -0.4 is 0 Å². The molecule has 50 heavy (non-hydrogen) atoms. The molecule has 0 unspecified atom stereocenters. The number of rotatable bonds is 5. The average Bonchev–Trinajstić information content (AvgIpc) is 3.73. The zero-order chi connectivity index (χ0) is 33.0. The van der Waals surface area contributed by atoms with Gasteiger partial charge in [0.1, 0.15) is 11.2 Å². The smallest absolute Gasteiger partial charge is 0.135 e. The van der Waals surface area contributed by atoms with E-state index in [4.69, 9.17) is 4.42 Å². The molecule has 0 N–H and O–H groups in total. The van der Waals surface area contributed by atoms with Gasteiger partial charge in [-0.2, -0.15) is 0 Å². The van der Waals surface area contributed by atoms with Crippen molar-refractivity contribution < 1.29 is 4.42 Å². The first kappa shape index (κ1) is 28.4. The Morgan fingerprint density at radius 2 is 0.760 bits per heavy atom. The zero-order valence-corrected chi connectivity index (χ0v) is 27.3. The molecule has 234 valence electrons. The van der Waals surface area contributed by atoms with Gasteiger partial charge in [-0.05, 0) is 105 Å². The second kappa shape index (κ2) is 11.5. The van der Waals surface area contributed by atoms with Crippen LogP contribution in [0.5, 0.6) is 0 Å². The predicted octanol–water partition coefficient (Wildman–Crippen LogP) is 13.4. The molecule has 8 aromatic carbocycles. The SMILES string of the molecule is c1ccc(-c2cccc(-c3cccc(-c4ccc(-n5c6ccccc6c6cc(-c7ccc8oc9ccccc9c8c7)ccc65)cc4)c3)c2)cc1. The number of furan rings is 1. The van der Waals surface area contributed by atoms with Gasteiger partial charge in [0.2, 0.25) is 0 Å². The second-order valence-corrected chi connectivity index (χ2v) is 13.0. The molecule has 10 aromatic rings. The Kier molecular flexibility index (Phi) is 6.53. The number of hydrogen-bond donors (Lipinski definition) is 0. The van der Waals surface area contributed by atoms with Crippen molar-refractivity contribution in [3.8, 4) is 50.2 Å². The molecule has 0 bridgehead atoms. The molecule has 0 aliphatic carbocycles. The Labute approximate surface area is 290 Å². The van der Waals surface area contributed by atoms with E-state index in [0.717, 1.165) is 27.6 Å². The van der Waals surface area contributed by atoms with Crippen LogP contribution >= 0.6 is 0 Å². The van der Waals surface area contributed by atoms with Gasteiger partial charge in [-0.3, -0.25) is 0 Å². The van der Waals surface area contributed by atoms with Crippen LogP contribution in [0.25, 0.3) is 93.9 Å². The van der Waals surface area contributed by atoms with E-state index in [9.17, 15) is 0 Å². The molecule has 0 radical (unpaired) electrons. The Balaban J connectivity index is 1.02. The summed E-state index contributed by atoms with van der Waals surface area (Å²) in [6.45, 7) is 0. The molecular formula is C48H31NO. The number of aromatic nitrogens is 1. The second-order valence-electron chi connectivity index (χ2n) is 13.0. The molecular weight excluding hydrogens is 607 g/mol. The lowest BCUT2D eigenvalue weighted by molar-refractivity contribution is 0.669. The third-order valence-electron chi connectivity index (χ3n) is 10.0. The van der Waals surface area contributed by atoms with Crippen molar-refractivity contribution in [3.63, 3.8) is 0 Å². The van der Waals surface area contributed by atoms with Gasteiger partial charge in [0.25, 0.3) is 0 Å². The molecule has 0 fully saturated rings. The summed E-state index contributed by atoms with van der Waals surface area (Å²) < 4.78 is 8.49. The Hall–Kier alpha value is -6.64. The summed E-state index contributed by atoms with van der Waals surface area (Å²) in [5, 5.41) is 4.78. The van der Waals surface area contributed by atoms with Crippen molar-refractivity contribution >= 4 is 43.7 Å². The largest absolute Gasteiger partial charge is 0.456 e. The molecule has 0 aliphatic heterocycles. The normalized spacial score (nSPS) is 11.6. The standard InChI is InChI=1S/C48H31NO/c1-2-10-32(11-3-1)34-12-8-14-36(28-34)37-15-9-13-35(29-37)33-20-24-40(25-21-33)49-45-18-6-4-16-41(45)43-30-38(22-26-46(43)49)39-23-27-48-44(31-39)42-17-5-7-19-47(42)50-48/h1-31H. The lowest BCUT2D eigenvalue weighted by Gasteiger charge is -2.11. The van der Waals surface area contributed by atoms with Crippen LogP contribution in [-0.2, 0) is 0 Å². The van der Waals surface area contributed by atoms with Crippen LogP contribution in [-0.4, -0.2) is 4.57 Å². The molecule has 0 saturated carbocycles. The Morgan fingerprint density at radius 3 is 1.50 bits per heavy atom. The van der Waals surface area contributed by atoms with Crippen molar-refractivity contribution in [1.29, 1.82) is 0 Å². The van der Waals surface area contributed by atoms with E-state index in [1.807, 2.05) is 12.1 Å². The Morgan fingerprint density at radius 1 is 0.280 bits per heavy atom. The summed E-state index contributed by atoms with van der Waals surface area (Å²) in [6.07, 6.45) is 0. The van der Waals surface area contributed by atoms with Gasteiger partial charge in [0.05, 0.1) is 11.0 Å². The minimum absolute atomic E-state index is 0.917. The van der Waals surface area contributed by atoms with Gasteiger partial charge in [0.15, 0.2) is 0 Å². The van der Waals surface area contributed by atoms with E-state index >= 15 is 0 Å². The molecule has 2 heteroatoms. The highest BCUT2D eigenvalue weighted by Crippen LogP contribution is 2.38. The minimum Gasteiger partial charge on any atom is -0.456 e. The van der Waals surface area contributed by atoms with Crippen LogP contribution in [0.1, 0.15) is 0 Å². The van der Waals surface area contributed by atoms with Gasteiger partial charge in [-0.15, -0.1) is 0 Å². The highest BCUT2D eigenvalue weighted by molar-refractivity contribution is 6.11. The van der Waals surface area contributed by atoms with Crippen LogP contribution in [0.2, 0.25) is 0 Å². The average molecular weight is 638 g/mol. The van der Waals surface area contributed by atoms with Crippen molar-refractivity contribution in [2.75, 3.05) is 0 Å². The lowest BCUT2D eigenvalue weighted by atomic mass is 9.96. The third-order valence-corrected chi connectivity index (χ3v) is 10.0. The van der Waals surface area contributed by atoms with Crippen LogP contribution in [0.15, 0.2) is 192 Å². The maximum absolute atomic E-state index is 6.10. The first-order chi connectivity index (χ1) is 24.8. The number of fused-ring (bicyclic) bond motifs is 6. The summed E-state index contributed by atoms with van der Waals surface area (Å²) >= 11 is 0. The van der Waals surface area contributed by atoms with E-state index < -0.39 is 0 Å². The maximum atomic E-state index is 6.10. The fraction of sp³-hybridized carbons (Fsp3) is 0. The molecule has 0 atom stereocenters. The molecule has 0 spiro atoms. The summed E-state index contributed by atoms with van der Waals surface area (Å²) in [6, 6.07) is 67.5. The maximum Gasteiger partial charge on any atom is 0.135 e. The first-order valence-electron chi connectivity index (χ1n) is 17.1. The van der Waals surface area contributed by atoms with E-state index in [-0.39, 0.29) is 0 Å². The fourth-order valence-corrected chi connectivity index (χ4v) is 7.53. The van der Waals surface area contributed by atoms with E-state index in [0.29, 0.717) is 0 Å². The van der Waals surface area contributed by atoms with Crippen molar-refractivity contribution in [3.05, 3.63) is 188 Å². The zero-order valence-electron chi connectivity index (χ0n) is 27.3. The number of hydrogen-bond acceptors (Lipinski definition) is 1. The molecule has 0 saturated heterocycles. The van der Waals surface area contributed by atoms with Crippen LogP contribution in [0.3, 0.4) is 0 Å². The molecule has 10 rings (SSSR count). The topological polar surface area (TPSA) is 18.1 Å². The first-order valence-corrected chi connectivity index (χ1v) is 17.1. The van der Waals surface area contributed by atoms with Gasteiger partial charge >= 0.3 is 0 Å². The van der Waals surface area contributed by atoms with Gasteiger partial charge in [0, 0.05) is 27.2 Å². The monoisotopic (exact) mass is 637 g/mol. The lowest BCUT2D eigenvalue weighted by Crippen LogP contribution is -1.93. The summed E-state index contributed by atoms with van der Waals surface area (Å²) in [4.78, 5) is 0. The van der Waals surface area contributed by atoms with E-state index in [1.54, 1.807) is 0 Å².